The number of hydrogen-bond acceptors (Lipinski definition) is 4. The topological polar surface area (TPSA) is 67.9 Å². The van der Waals surface area contributed by atoms with Gasteiger partial charge in [-0.05, 0) is 43.0 Å². The molecule has 146 valence electrons. The number of benzene rings is 2. The van der Waals surface area contributed by atoms with Gasteiger partial charge in [0.15, 0.2) is 11.5 Å². The molecule has 28 heavy (non-hydrogen) atoms. The van der Waals surface area contributed by atoms with Crippen molar-refractivity contribution in [1.82, 2.24) is 10.2 Å². The maximum absolute atomic E-state index is 13.0. The lowest BCUT2D eigenvalue weighted by Gasteiger charge is -2.23. The average molecular weight is 401 g/mol. The smallest absolute Gasteiger partial charge is 0.325 e. The van der Waals surface area contributed by atoms with Gasteiger partial charge < -0.3 is 14.8 Å². The molecule has 6 nitrogen and oxygen atoms in total. The largest absolute Gasteiger partial charge is 0.486 e. The number of hydrogen-bond donors (Lipinski definition) is 1. The number of imide groups is 1. The minimum atomic E-state index is -0.926. The lowest BCUT2D eigenvalue weighted by Crippen LogP contribution is -2.44. The zero-order chi connectivity index (χ0) is 19.7. The standard InChI is InChI=1S/C21H21ClN2O4/c1-21(8-7-14-5-3-2-4-6-14)19(25)24(20(26)23-21)13-15-11-16(22)18-17(12-15)27-9-10-28-18/h2-6,11-12H,7-10,13H2,1H3,(H,23,26)/t21-/m0/s1. The van der Waals surface area contributed by atoms with Crippen LogP contribution in [0.2, 0.25) is 5.02 Å². The van der Waals surface area contributed by atoms with E-state index < -0.39 is 11.6 Å². The summed E-state index contributed by atoms with van der Waals surface area (Å²) >= 11 is 6.27. The van der Waals surface area contributed by atoms with Crippen LogP contribution in [0.1, 0.15) is 24.5 Å². The maximum atomic E-state index is 13.0. The van der Waals surface area contributed by atoms with Crippen LogP contribution in [-0.4, -0.2) is 35.6 Å². The predicted molar refractivity (Wildman–Crippen MR) is 105 cm³/mol. The van der Waals surface area contributed by atoms with Crippen LogP contribution in [-0.2, 0) is 17.8 Å². The van der Waals surface area contributed by atoms with E-state index in [1.165, 1.54) is 4.90 Å². The first kappa shape index (κ1) is 18.6. The van der Waals surface area contributed by atoms with Gasteiger partial charge in [0.25, 0.3) is 5.91 Å². The Bertz CT molecular complexity index is 918. The molecule has 0 bridgehead atoms. The Morgan fingerprint density at radius 3 is 2.64 bits per heavy atom. The summed E-state index contributed by atoms with van der Waals surface area (Å²) in [5.74, 6) is 0.800. The van der Waals surface area contributed by atoms with Crippen molar-refractivity contribution in [2.45, 2.75) is 31.8 Å². The molecule has 1 fully saturated rings. The predicted octanol–water partition coefficient (Wildman–Crippen LogP) is 3.55. The molecule has 0 unspecified atom stereocenters. The molecule has 2 aromatic rings. The molecule has 2 aliphatic heterocycles. The minimum Gasteiger partial charge on any atom is -0.486 e. The van der Waals surface area contributed by atoms with Gasteiger partial charge in [-0.1, -0.05) is 41.9 Å². The van der Waals surface area contributed by atoms with Crippen LogP contribution < -0.4 is 14.8 Å². The second-order valence-corrected chi connectivity index (χ2v) is 7.65. The summed E-state index contributed by atoms with van der Waals surface area (Å²) in [5.41, 5.74) is 0.915. The van der Waals surface area contributed by atoms with Crippen LogP contribution >= 0.6 is 11.6 Å². The molecule has 3 amide bonds. The van der Waals surface area contributed by atoms with Gasteiger partial charge in [-0.25, -0.2) is 4.79 Å². The van der Waals surface area contributed by atoms with Crippen LogP contribution in [0.25, 0.3) is 0 Å². The number of nitrogens with zero attached hydrogens (tertiary/aromatic N) is 1. The number of carbonyl (C=O) groups is 2. The Labute approximate surface area is 168 Å². The zero-order valence-electron chi connectivity index (χ0n) is 15.5. The van der Waals surface area contributed by atoms with Crippen LogP contribution in [0, 0.1) is 0 Å². The number of urea groups is 1. The fourth-order valence-electron chi connectivity index (χ4n) is 3.54. The van der Waals surface area contributed by atoms with Gasteiger partial charge in [0, 0.05) is 0 Å². The Hall–Kier alpha value is -2.73. The monoisotopic (exact) mass is 400 g/mol. The first-order valence-electron chi connectivity index (χ1n) is 9.22. The van der Waals surface area contributed by atoms with E-state index in [2.05, 4.69) is 5.32 Å². The Morgan fingerprint density at radius 2 is 1.86 bits per heavy atom. The van der Waals surface area contributed by atoms with Crippen LogP contribution in [0.4, 0.5) is 4.79 Å². The molecule has 1 N–H and O–H groups in total. The van der Waals surface area contributed by atoms with Gasteiger partial charge >= 0.3 is 6.03 Å². The van der Waals surface area contributed by atoms with Crippen molar-refractivity contribution in [1.29, 1.82) is 0 Å². The van der Waals surface area contributed by atoms with Crippen molar-refractivity contribution in [2.75, 3.05) is 13.2 Å². The molecule has 0 radical (unpaired) electrons. The first-order chi connectivity index (χ1) is 13.5. The summed E-state index contributed by atoms with van der Waals surface area (Å²) < 4.78 is 11.1. The van der Waals surface area contributed by atoms with Crippen molar-refractivity contribution in [3.63, 3.8) is 0 Å². The molecule has 1 atom stereocenters. The molecule has 2 aliphatic rings. The second-order valence-electron chi connectivity index (χ2n) is 7.24. The Balaban J connectivity index is 1.49. The van der Waals surface area contributed by atoms with Gasteiger partial charge in [0.05, 0.1) is 11.6 Å². The summed E-state index contributed by atoms with van der Waals surface area (Å²) in [7, 11) is 0. The van der Waals surface area contributed by atoms with Gasteiger partial charge in [0.1, 0.15) is 18.8 Å². The summed E-state index contributed by atoms with van der Waals surface area (Å²) in [6.07, 6.45) is 1.23. The van der Waals surface area contributed by atoms with E-state index in [4.69, 9.17) is 21.1 Å². The average Bonchev–Trinajstić information content (AvgIpc) is 2.91. The van der Waals surface area contributed by atoms with Crippen LogP contribution in [0.5, 0.6) is 11.5 Å². The highest BCUT2D eigenvalue weighted by Gasteiger charge is 2.47. The minimum absolute atomic E-state index is 0.127. The molecule has 1 saturated heterocycles. The molecule has 7 heteroatoms. The van der Waals surface area contributed by atoms with E-state index >= 15 is 0 Å². The summed E-state index contributed by atoms with van der Waals surface area (Å²) in [6, 6.07) is 13.0. The number of rotatable bonds is 5. The lowest BCUT2D eigenvalue weighted by molar-refractivity contribution is -0.131. The van der Waals surface area contributed by atoms with Crippen LogP contribution in [0.3, 0.4) is 0 Å². The fraction of sp³-hybridized carbons (Fsp3) is 0.333. The first-order valence-corrected chi connectivity index (χ1v) is 9.60. The van der Waals surface area contributed by atoms with E-state index in [1.807, 2.05) is 30.3 Å². The van der Waals surface area contributed by atoms with Crippen molar-refractivity contribution in [2.24, 2.45) is 0 Å². The lowest BCUT2D eigenvalue weighted by atomic mass is 9.93. The SMILES string of the molecule is C[C@@]1(CCc2ccccc2)NC(=O)N(Cc2cc(Cl)c3c(c2)OCCO3)C1=O. The normalized spacial score (nSPS) is 21.0. The second kappa shape index (κ2) is 7.36. The highest BCUT2D eigenvalue weighted by Crippen LogP contribution is 2.39. The Morgan fingerprint density at radius 1 is 1.11 bits per heavy atom. The number of nitrogens with one attached hydrogen (secondary N) is 1. The van der Waals surface area contributed by atoms with Crippen molar-refractivity contribution in [3.8, 4) is 11.5 Å². The summed E-state index contributed by atoms with van der Waals surface area (Å²) in [5, 5.41) is 3.25. The third-order valence-electron chi connectivity index (χ3n) is 5.10. The molecule has 0 aromatic heterocycles. The van der Waals surface area contributed by atoms with E-state index in [-0.39, 0.29) is 12.5 Å². The molecule has 2 heterocycles. The molecule has 0 aliphatic carbocycles. The third-order valence-corrected chi connectivity index (χ3v) is 5.38. The molecular weight excluding hydrogens is 380 g/mol. The van der Waals surface area contributed by atoms with Crippen LogP contribution in [0.15, 0.2) is 42.5 Å². The number of ether oxygens (including phenoxy) is 2. The van der Waals surface area contributed by atoms with E-state index in [0.717, 1.165) is 5.56 Å². The highest BCUT2D eigenvalue weighted by atomic mass is 35.5. The number of amides is 3. The quantitative estimate of drug-likeness (QED) is 0.779. The molecule has 0 spiro atoms. The summed E-state index contributed by atoms with van der Waals surface area (Å²) in [6.45, 7) is 2.78. The fourth-order valence-corrected chi connectivity index (χ4v) is 3.83. The molecule has 4 rings (SSSR count). The van der Waals surface area contributed by atoms with Crippen molar-refractivity contribution >= 4 is 23.5 Å². The highest BCUT2D eigenvalue weighted by molar-refractivity contribution is 6.32. The number of aryl methyl sites for hydroxylation is 1. The zero-order valence-corrected chi connectivity index (χ0v) is 16.3. The van der Waals surface area contributed by atoms with Crippen molar-refractivity contribution in [3.05, 3.63) is 58.6 Å². The van der Waals surface area contributed by atoms with Gasteiger partial charge in [-0.2, -0.15) is 0 Å². The van der Waals surface area contributed by atoms with Crippen molar-refractivity contribution < 1.29 is 19.1 Å². The number of carbonyl (C=O) groups excluding carboxylic acids is 2. The molecular formula is C21H21ClN2O4. The maximum Gasteiger partial charge on any atom is 0.325 e. The molecule has 0 saturated carbocycles. The number of halogens is 1. The number of fused-ring (bicyclic) bond motifs is 1. The van der Waals surface area contributed by atoms with Gasteiger partial charge in [-0.15, -0.1) is 0 Å². The van der Waals surface area contributed by atoms with E-state index in [9.17, 15) is 9.59 Å². The Kier molecular flexibility index (Phi) is 4.89. The third kappa shape index (κ3) is 3.52. The summed E-state index contributed by atoms with van der Waals surface area (Å²) in [4.78, 5) is 26.7. The van der Waals surface area contributed by atoms with Gasteiger partial charge in [-0.3, -0.25) is 9.69 Å². The van der Waals surface area contributed by atoms with Gasteiger partial charge in [0.2, 0.25) is 0 Å². The molecule has 2 aromatic carbocycles. The van der Waals surface area contributed by atoms with E-state index in [1.54, 1.807) is 19.1 Å². The van der Waals surface area contributed by atoms with E-state index in [0.29, 0.717) is 48.1 Å².